The second-order valence-corrected chi connectivity index (χ2v) is 10.6. The SMILES string of the molecule is CC[C@H](C)CC(=O)O[C@H]1C=C2C(COC(C)=O)=CO[C@@H](OC(=O)C=C(C)C)[C@@H]2[C@@]1(O)COC(=O)CC(C)C. The van der Waals surface area contributed by atoms with Crippen molar-refractivity contribution < 1.29 is 48.0 Å². The molecule has 38 heavy (non-hydrogen) atoms. The van der Waals surface area contributed by atoms with E-state index < -0.39 is 54.4 Å². The number of carbonyl (C=O) groups is 4. The zero-order chi connectivity index (χ0) is 28.6. The van der Waals surface area contributed by atoms with Crippen molar-refractivity contribution >= 4 is 23.9 Å². The van der Waals surface area contributed by atoms with Gasteiger partial charge in [0, 0.05) is 31.4 Å². The van der Waals surface area contributed by atoms with Gasteiger partial charge in [-0.05, 0) is 37.3 Å². The molecular formula is C28H40O10. The largest absolute Gasteiger partial charge is 0.462 e. The molecule has 0 unspecified atom stereocenters. The van der Waals surface area contributed by atoms with Gasteiger partial charge in [-0.3, -0.25) is 14.4 Å². The van der Waals surface area contributed by atoms with E-state index in [0.717, 1.165) is 6.42 Å². The summed E-state index contributed by atoms with van der Waals surface area (Å²) in [6.45, 7) is 11.5. The van der Waals surface area contributed by atoms with Gasteiger partial charge >= 0.3 is 23.9 Å². The van der Waals surface area contributed by atoms with Crippen LogP contribution in [0, 0.1) is 17.8 Å². The molecule has 1 aliphatic heterocycles. The molecule has 1 N–H and O–H groups in total. The van der Waals surface area contributed by atoms with Crippen LogP contribution in [0.5, 0.6) is 0 Å². The maximum Gasteiger partial charge on any atom is 0.333 e. The van der Waals surface area contributed by atoms with E-state index in [4.69, 9.17) is 23.7 Å². The van der Waals surface area contributed by atoms with E-state index in [1.54, 1.807) is 13.8 Å². The average molecular weight is 537 g/mol. The number of aliphatic hydroxyl groups is 1. The van der Waals surface area contributed by atoms with Crippen LogP contribution in [-0.4, -0.2) is 60.2 Å². The first-order chi connectivity index (χ1) is 17.8. The van der Waals surface area contributed by atoms with Crippen molar-refractivity contribution in [2.45, 2.75) is 85.7 Å². The van der Waals surface area contributed by atoms with Gasteiger partial charge in [-0.15, -0.1) is 0 Å². The molecule has 5 atom stereocenters. The minimum absolute atomic E-state index is 0.0209. The van der Waals surface area contributed by atoms with Crippen molar-refractivity contribution in [1.29, 1.82) is 0 Å². The van der Waals surface area contributed by atoms with Gasteiger partial charge in [0.2, 0.25) is 0 Å². The molecule has 1 heterocycles. The summed E-state index contributed by atoms with van der Waals surface area (Å²) < 4.78 is 27.5. The van der Waals surface area contributed by atoms with Gasteiger partial charge in [0.1, 0.15) is 13.2 Å². The number of allylic oxidation sites excluding steroid dienone is 1. The third kappa shape index (κ3) is 8.44. The van der Waals surface area contributed by atoms with E-state index in [1.165, 1.54) is 25.3 Å². The maximum absolute atomic E-state index is 12.7. The van der Waals surface area contributed by atoms with Crippen LogP contribution in [-0.2, 0) is 42.9 Å². The fourth-order valence-electron chi connectivity index (χ4n) is 4.13. The maximum atomic E-state index is 12.7. The number of esters is 4. The summed E-state index contributed by atoms with van der Waals surface area (Å²) in [5, 5.41) is 12.0. The summed E-state index contributed by atoms with van der Waals surface area (Å²) in [5.41, 5.74) is -0.559. The van der Waals surface area contributed by atoms with Crippen LogP contribution in [0.25, 0.3) is 0 Å². The van der Waals surface area contributed by atoms with E-state index in [-0.39, 0.29) is 31.3 Å². The third-order valence-corrected chi connectivity index (χ3v) is 6.26. The number of fused-ring (bicyclic) bond motifs is 1. The first-order valence-corrected chi connectivity index (χ1v) is 12.9. The summed E-state index contributed by atoms with van der Waals surface area (Å²) in [5.74, 6) is -3.37. The summed E-state index contributed by atoms with van der Waals surface area (Å²) >= 11 is 0. The van der Waals surface area contributed by atoms with Crippen LogP contribution < -0.4 is 0 Å². The first-order valence-electron chi connectivity index (χ1n) is 12.9. The van der Waals surface area contributed by atoms with Gasteiger partial charge in [-0.25, -0.2) is 4.79 Å². The third-order valence-electron chi connectivity index (χ3n) is 6.26. The van der Waals surface area contributed by atoms with Crippen LogP contribution in [0.15, 0.2) is 35.1 Å². The minimum atomic E-state index is -2.03. The summed E-state index contributed by atoms with van der Waals surface area (Å²) in [6.07, 6.45) is 2.46. The second-order valence-electron chi connectivity index (χ2n) is 10.6. The van der Waals surface area contributed by atoms with Crippen molar-refractivity contribution in [1.82, 2.24) is 0 Å². The Kier molecular flexibility index (Phi) is 11.1. The van der Waals surface area contributed by atoms with E-state index in [1.807, 2.05) is 27.7 Å². The number of carbonyl (C=O) groups excluding carboxylic acids is 4. The topological polar surface area (TPSA) is 135 Å². The minimum Gasteiger partial charge on any atom is -0.462 e. The predicted octanol–water partition coefficient (Wildman–Crippen LogP) is 3.52. The first kappa shape index (κ1) is 31.1. The summed E-state index contributed by atoms with van der Waals surface area (Å²) in [4.78, 5) is 49.1. The smallest absolute Gasteiger partial charge is 0.333 e. The molecule has 2 rings (SSSR count). The number of rotatable bonds is 12. The molecule has 2 aliphatic rings. The van der Waals surface area contributed by atoms with Crippen LogP contribution >= 0.6 is 0 Å². The molecule has 0 fully saturated rings. The monoisotopic (exact) mass is 536 g/mol. The van der Waals surface area contributed by atoms with Gasteiger partial charge in [-0.1, -0.05) is 39.7 Å². The molecule has 0 aromatic carbocycles. The number of ether oxygens (including phenoxy) is 5. The summed E-state index contributed by atoms with van der Waals surface area (Å²) in [6, 6.07) is 0. The normalized spacial score (nSPS) is 24.7. The molecular weight excluding hydrogens is 496 g/mol. The van der Waals surface area contributed by atoms with Crippen molar-refractivity contribution in [2.75, 3.05) is 13.2 Å². The Bertz CT molecular complexity index is 988. The predicted molar refractivity (Wildman–Crippen MR) is 136 cm³/mol. The molecule has 0 bridgehead atoms. The second kappa shape index (κ2) is 13.6. The van der Waals surface area contributed by atoms with Gasteiger partial charge in [0.25, 0.3) is 6.29 Å². The van der Waals surface area contributed by atoms with Crippen molar-refractivity contribution in [3.05, 3.63) is 35.1 Å². The fourth-order valence-corrected chi connectivity index (χ4v) is 4.13. The van der Waals surface area contributed by atoms with Crippen LogP contribution in [0.1, 0.15) is 67.7 Å². The Balaban J connectivity index is 2.48. The van der Waals surface area contributed by atoms with Gasteiger partial charge in [0.05, 0.1) is 12.2 Å². The van der Waals surface area contributed by atoms with E-state index in [9.17, 15) is 24.3 Å². The Hall–Kier alpha value is -3.14. The Morgan fingerprint density at radius 3 is 2.32 bits per heavy atom. The lowest BCUT2D eigenvalue weighted by Gasteiger charge is -2.40. The zero-order valence-electron chi connectivity index (χ0n) is 23.3. The van der Waals surface area contributed by atoms with E-state index >= 15 is 0 Å². The fraction of sp³-hybridized carbons (Fsp3) is 0.643. The van der Waals surface area contributed by atoms with Gasteiger partial charge in [-0.2, -0.15) is 0 Å². The van der Waals surface area contributed by atoms with Gasteiger partial charge in [0.15, 0.2) is 11.7 Å². The lowest BCUT2D eigenvalue weighted by molar-refractivity contribution is -0.215. The highest BCUT2D eigenvalue weighted by molar-refractivity contribution is 5.82. The van der Waals surface area contributed by atoms with Crippen LogP contribution in [0.4, 0.5) is 0 Å². The van der Waals surface area contributed by atoms with Crippen molar-refractivity contribution in [3.8, 4) is 0 Å². The lowest BCUT2D eigenvalue weighted by Crippen LogP contribution is -2.56. The quantitative estimate of drug-likeness (QED) is 0.224. The highest BCUT2D eigenvalue weighted by Crippen LogP contribution is 2.47. The van der Waals surface area contributed by atoms with Crippen molar-refractivity contribution in [3.63, 3.8) is 0 Å². The number of hydrogen-bond acceptors (Lipinski definition) is 10. The number of hydrogen-bond donors (Lipinski definition) is 1. The van der Waals surface area contributed by atoms with E-state index in [0.29, 0.717) is 16.7 Å². The van der Waals surface area contributed by atoms with Crippen LogP contribution in [0.2, 0.25) is 0 Å². The average Bonchev–Trinajstić information content (AvgIpc) is 3.08. The standard InChI is InChI=1S/C28H40O10/c1-8-18(6)11-25(32)37-22-12-21-20(13-34-19(7)29)14-35-27(38-24(31)10-17(4)5)26(21)28(22,33)15-36-23(30)9-16(2)3/h10,12,14,16,18,22,26-27,33H,8-9,11,13,15H2,1-7H3/t18-,22-,26+,27-,28+/m0/s1. The molecule has 0 aromatic heterocycles. The summed E-state index contributed by atoms with van der Waals surface area (Å²) in [7, 11) is 0. The molecule has 10 heteroatoms. The molecule has 10 nitrogen and oxygen atoms in total. The molecule has 0 saturated heterocycles. The van der Waals surface area contributed by atoms with Crippen molar-refractivity contribution in [2.24, 2.45) is 17.8 Å². The molecule has 0 amide bonds. The Morgan fingerprint density at radius 1 is 1.05 bits per heavy atom. The molecule has 1 aliphatic carbocycles. The highest BCUT2D eigenvalue weighted by atomic mass is 16.7. The molecule has 0 spiro atoms. The molecule has 0 saturated carbocycles. The molecule has 212 valence electrons. The molecule has 0 radical (unpaired) electrons. The van der Waals surface area contributed by atoms with Crippen LogP contribution in [0.3, 0.4) is 0 Å². The lowest BCUT2D eigenvalue weighted by atomic mass is 9.82. The Morgan fingerprint density at radius 2 is 1.74 bits per heavy atom. The zero-order valence-corrected chi connectivity index (χ0v) is 23.3. The van der Waals surface area contributed by atoms with E-state index in [2.05, 4.69) is 0 Å². The molecule has 0 aromatic rings. The van der Waals surface area contributed by atoms with Gasteiger partial charge < -0.3 is 28.8 Å². The highest BCUT2D eigenvalue weighted by Gasteiger charge is 2.59. The Labute approximate surface area is 224 Å².